The molecule has 16 heteroatoms. The van der Waals surface area contributed by atoms with Gasteiger partial charge in [0.2, 0.25) is 24.8 Å². The predicted octanol–water partition coefficient (Wildman–Crippen LogP) is 0.493. The van der Waals surface area contributed by atoms with Gasteiger partial charge in [-0.2, -0.15) is 9.90 Å². The normalized spacial score (nSPS) is 24.6. The number of carboxylic acids is 1. The average molecular weight is 744 g/mol. The minimum Gasteiger partial charge on any atom is -0.508 e. The van der Waals surface area contributed by atoms with E-state index in [-0.39, 0.29) is 40.0 Å². The fourth-order valence-corrected chi connectivity index (χ4v) is 6.63. The molecule has 1 aromatic heterocycles. The molecule has 54 heavy (non-hydrogen) atoms. The zero-order valence-electron chi connectivity index (χ0n) is 28.7. The molecule has 8 atom stereocenters. The van der Waals surface area contributed by atoms with Crippen molar-refractivity contribution in [2.24, 2.45) is 4.99 Å². The van der Waals surface area contributed by atoms with Gasteiger partial charge < -0.3 is 49.3 Å². The molecule has 0 radical (unpaired) electrons. The van der Waals surface area contributed by atoms with Crippen molar-refractivity contribution in [3.8, 4) is 22.6 Å². The second-order valence-corrected chi connectivity index (χ2v) is 13.1. The van der Waals surface area contributed by atoms with E-state index in [0.717, 1.165) is 22.3 Å². The van der Waals surface area contributed by atoms with Crippen LogP contribution in [0.3, 0.4) is 0 Å². The lowest BCUT2D eigenvalue weighted by Gasteiger charge is -2.42. The van der Waals surface area contributed by atoms with Gasteiger partial charge in [0.25, 0.3) is 0 Å². The molecular weight excluding hydrogens is 708 g/mol. The summed E-state index contributed by atoms with van der Waals surface area (Å²) in [5, 5.41) is 62.2. The van der Waals surface area contributed by atoms with E-state index >= 15 is 0 Å². The summed E-state index contributed by atoms with van der Waals surface area (Å²) in [5.74, 6) is -3.64. The number of phenols is 1. The van der Waals surface area contributed by atoms with Gasteiger partial charge in [0, 0.05) is 23.4 Å². The SMILES string of the molecule is Cc1cc(C)cc(C2=C3N=CC=C3C[NH+]2OC2C(Oc3ccc4c(=O)c(-c5ccc(O)cc5)coc4c3)OC(C(O)OC(=O)C(O)C(=O)O)C(O)C2O)c1. The number of nitrogens with zero attached hydrogens (tertiary/aromatic N) is 1. The van der Waals surface area contributed by atoms with E-state index in [0.29, 0.717) is 22.0 Å². The molecule has 3 aliphatic rings. The summed E-state index contributed by atoms with van der Waals surface area (Å²) in [6, 6.07) is 16.1. The molecular formula is C38H35N2O14+. The number of carbonyl (C=O) groups is 2. The van der Waals surface area contributed by atoms with E-state index in [1.54, 1.807) is 18.3 Å². The highest BCUT2D eigenvalue weighted by Gasteiger charge is 2.53. The Balaban J connectivity index is 1.22. The molecule has 3 aliphatic heterocycles. The van der Waals surface area contributed by atoms with Crippen molar-refractivity contribution in [3.63, 3.8) is 0 Å². The third kappa shape index (κ3) is 7.02. The number of aromatic hydroxyl groups is 1. The number of quaternary nitrogens is 1. The molecule has 280 valence electrons. The summed E-state index contributed by atoms with van der Waals surface area (Å²) in [6.45, 7) is 4.14. The number of benzene rings is 3. The van der Waals surface area contributed by atoms with Crippen molar-refractivity contribution in [2.45, 2.75) is 56.9 Å². The van der Waals surface area contributed by atoms with Gasteiger partial charge in [-0.3, -0.25) is 4.79 Å². The monoisotopic (exact) mass is 743 g/mol. The lowest BCUT2D eigenvalue weighted by Crippen LogP contribution is -3.08. The van der Waals surface area contributed by atoms with E-state index in [1.807, 2.05) is 38.1 Å². The summed E-state index contributed by atoms with van der Waals surface area (Å²) in [6.07, 6.45) is -9.28. The van der Waals surface area contributed by atoms with Crippen LogP contribution in [0.1, 0.15) is 16.7 Å². The zero-order valence-corrected chi connectivity index (χ0v) is 28.7. The van der Waals surface area contributed by atoms with Crippen LogP contribution in [0.5, 0.6) is 11.5 Å². The molecule has 0 saturated carbocycles. The average Bonchev–Trinajstić information content (AvgIpc) is 3.72. The number of carboxylic acid groups (broad SMARTS) is 1. The number of aliphatic carboxylic acids is 1. The first-order valence-electron chi connectivity index (χ1n) is 16.7. The summed E-state index contributed by atoms with van der Waals surface area (Å²) in [4.78, 5) is 47.6. The Hall–Kier alpha value is -5.72. The Bertz CT molecular complexity index is 2260. The van der Waals surface area contributed by atoms with Crippen LogP contribution in [-0.4, -0.2) is 98.4 Å². The molecule has 0 aliphatic carbocycles. The van der Waals surface area contributed by atoms with E-state index < -0.39 is 55.0 Å². The molecule has 0 bridgehead atoms. The van der Waals surface area contributed by atoms with Crippen LogP contribution < -0.4 is 15.2 Å². The number of nitrogens with one attached hydrogen (secondary N) is 1. The van der Waals surface area contributed by atoms with Gasteiger partial charge in [0.15, 0.2) is 17.2 Å². The van der Waals surface area contributed by atoms with Crippen molar-refractivity contribution >= 4 is 34.8 Å². The first-order valence-corrected chi connectivity index (χ1v) is 16.7. The Morgan fingerprint density at radius 2 is 1.69 bits per heavy atom. The zero-order chi connectivity index (χ0) is 38.4. The van der Waals surface area contributed by atoms with Gasteiger partial charge in [-0.25, -0.2) is 14.6 Å². The van der Waals surface area contributed by atoms with Gasteiger partial charge in [-0.1, -0.05) is 29.3 Å². The van der Waals surface area contributed by atoms with Crippen LogP contribution in [0.2, 0.25) is 0 Å². The summed E-state index contributed by atoms with van der Waals surface area (Å²) >= 11 is 0. The number of hydroxylamine groups is 2. The summed E-state index contributed by atoms with van der Waals surface area (Å²) in [5.41, 5.74) is 5.37. The fourth-order valence-electron chi connectivity index (χ4n) is 6.63. The van der Waals surface area contributed by atoms with Gasteiger partial charge in [-0.05, 0) is 61.9 Å². The maximum Gasteiger partial charge on any atom is 0.349 e. The van der Waals surface area contributed by atoms with Crippen LogP contribution >= 0.6 is 0 Å². The second-order valence-electron chi connectivity index (χ2n) is 13.1. The standard InChI is InChI=1S/C38H34N2O14/c1-17-11-18(2)13-21(12-17)28-27-20(9-10-39-27)15-40(28)54-34-31(44)30(43)33(37(49)53-36(48)32(45)35(46)47)52-38(34)51-23-7-8-24-26(14-23)50-16-25(29(24)42)19-3-5-22(41)6-4-19/h3-14,16,30-34,37-38,41,43-45,49H,15H2,1-2H3,(H,46,47)/p+1. The summed E-state index contributed by atoms with van der Waals surface area (Å²) in [7, 11) is 0. The Kier molecular flexibility index (Phi) is 9.90. The predicted molar refractivity (Wildman–Crippen MR) is 187 cm³/mol. The lowest BCUT2D eigenvalue weighted by molar-refractivity contribution is -1.04. The molecule has 1 saturated heterocycles. The van der Waals surface area contributed by atoms with Crippen molar-refractivity contribution in [1.29, 1.82) is 0 Å². The van der Waals surface area contributed by atoms with Gasteiger partial charge in [0.1, 0.15) is 47.8 Å². The maximum atomic E-state index is 13.4. The van der Waals surface area contributed by atoms with Crippen molar-refractivity contribution in [1.82, 2.24) is 0 Å². The van der Waals surface area contributed by atoms with Crippen LogP contribution in [0.25, 0.3) is 27.8 Å². The molecule has 0 spiro atoms. The highest BCUT2D eigenvalue weighted by Crippen LogP contribution is 2.33. The largest absolute Gasteiger partial charge is 0.508 e. The van der Waals surface area contributed by atoms with Gasteiger partial charge >= 0.3 is 11.9 Å². The molecule has 4 heterocycles. The van der Waals surface area contributed by atoms with Crippen molar-refractivity contribution in [3.05, 3.63) is 111 Å². The third-order valence-corrected chi connectivity index (χ3v) is 9.17. The van der Waals surface area contributed by atoms with Crippen LogP contribution in [0, 0.1) is 13.8 Å². The molecule has 16 nitrogen and oxygen atoms in total. The summed E-state index contributed by atoms with van der Waals surface area (Å²) < 4.78 is 22.5. The number of aliphatic hydroxyl groups is 4. The van der Waals surface area contributed by atoms with E-state index in [2.05, 4.69) is 9.73 Å². The fraction of sp³-hybridized carbons (Fsp3) is 0.263. The molecule has 7 N–H and O–H groups in total. The Morgan fingerprint density at radius 3 is 2.39 bits per heavy atom. The Labute approximate surface area is 305 Å². The highest BCUT2D eigenvalue weighted by atomic mass is 16.8. The second kappa shape index (κ2) is 14.6. The topological polar surface area (TPSA) is 239 Å². The number of allylic oxidation sites excluding steroid dienone is 1. The number of aliphatic hydroxyl groups excluding tert-OH is 4. The highest BCUT2D eigenvalue weighted by molar-refractivity contribution is 5.96. The van der Waals surface area contributed by atoms with Gasteiger partial charge in [-0.15, -0.1) is 0 Å². The van der Waals surface area contributed by atoms with E-state index in [1.165, 1.54) is 36.6 Å². The number of carbonyl (C=O) groups excluding carboxylic acids is 1. The molecule has 1 fully saturated rings. The smallest absolute Gasteiger partial charge is 0.349 e. The van der Waals surface area contributed by atoms with E-state index in [4.69, 9.17) is 23.8 Å². The third-order valence-electron chi connectivity index (χ3n) is 9.17. The van der Waals surface area contributed by atoms with E-state index in [9.17, 15) is 39.9 Å². The van der Waals surface area contributed by atoms with Crippen LogP contribution in [0.4, 0.5) is 0 Å². The number of aliphatic imine (C=N–C) groups is 1. The first-order chi connectivity index (χ1) is 25.8. The number of hydrogen-bond acceptors (Lipinski definition) is 14. The molecule has 4 aromatic rings. The molecule has 7 rings (SSSR count). The minimum atomic E-state index is -2.65. The quantitative estimate of drug-likeness (QED) is 0.0665. The van der Waals surface area contributed by atoms with Crippen LogP contribution in [-0.2, 0) is 23.9 Å². The van der Waals surface area contributed by atoms with Crippen LogP contribution in [0.15, 0.2) is 98.5 Å². The molecule has 8 unspecified atom stereocenters. The number of ether oxygens (including phenoxy) is 3. The molecule has 3 aromatic carbocycles. The maximum absolute atomic E-state index is 13.4. The first kappa shape index (κ1) is 36.6. The number of aryl methyl sites for hydroxylation is 2. The minimum absolute atomic E-state index is 0.0271. The Morgan fingerprint density at radius 1 is 0.963 bits per heavy atom. The van der Waals surface area contributed by atoms with Crippen molar-refractivity contribution < 1.29 is 68.8 Å². The number of hydrogen-bond donors (Lipinski definition) is 7. The lowest BCUT2D eigenvalue weighted by atomic mass is 9.98. The number of esters is 1. The number of phenolic OH excluding ortho intramolecular Hbond substituents is 1. The number of rotatable bonds is 10. The van der Waals surface area contributed by atoms with Crippen molar-refractivity contribution in [2.75, 3.05) is 6.54 Å². The van der Waals surface area contributed by atoms with Gasteiger partial charge in [0.05, 0.1) is 10.9 Å². The molecule has 0 amide bonds. The number of fused-ring (bicyclic) bond motifs is 2.